The molecule has 1 atom stereocenters. The van der Waals surface area contributed by atoms with Gasteiger partial charge in [0.2, 0.25) is 5.91 Å². The van der Waals surface area contributed by atoms with Crippen molar-refractivity contribution in [3.63, 3.8) is 0 Å². The molecule has 1 fully saturated rings. The lowest BCUT2D eigenvalue weighted by Gasteiger charge is -2.31. The van der Waals surface area contributed by atoms with Gasteiger partial charge in [-0.05, 0) is 18.6 Å². The molecule has 0 aromatic carbocycles. The molecule has 2 rings (SSSR count). The SMILES string of the molecule is CC(C(=O)NCc1cc[nH]c1)N1CCNCC1. The fourth-order valence-corrected chi connectivity index (χ4v) is 2.04. The van der Waals surface area contributed by atoms with E-state index in [-0.39, 0.29) is 11.9 Å². The fraction of sp³-hybridized carbons (Fsp3) is 0.583. The summed E-state index contributed by atoms with van der Waals surface area (Å²) in [5.41, 5.74) is 1.10. The van der Waals surface area contributed by atoms with Crippen molar-refractivity contribution in [1.29, 1.82) is 0 Å². The van der Waals surface area contributed by atoms with E-state index in [9.17, 15) is 4.79 Å². The summed E-state index contributed by atoms with van der Waals surface area (Å²) in [7, 11) is 0. The molecule has 1 amide bonds. The average Bonchev–Trinajstić information content (AvgIpc) is 2.89. The number of amides is 1. The quantitative estimate of drug-likeness (QED) is 0.685. The summed E-state index contributed by atoms with van der Waals surface area (Å²) in [5.74, 6) is 0.105. The van der Waals surface area contributed by atoms with Gasteiger partial charge >= 0.3 is 0 Å². The Morgan fingerprint density at radius 2 is 2.29 bits per heavy atom. The summed E-state index contributed by atoms with van der Waals surface area (Å²) < 4.78 is 0. The van der Waals surface area contributed by atoms with Gasteiger partial charge in [-0.2, -0.15) is 0 Å². The largest absolute Gasteiger partial charge is 0.367 e. The van der Waals surface area contributed by atoms with E-state index in [2.05, 4.69) is 20.5 Å². The minimum atomic E-state index is -0.0453. The maximum absolute atomic E-state index is 12.0. The highest BCUT2D eigenvalue weighted by Crippen LogP contribution is 2.02. The molecule has 17 heavy (non-hydrogen) atoms. The second kappa shape index (κ2) is 5.84. The van der Waals surface area contributed by atoms with Crippen molar-refractivity contribution < 1.29 is 4.79 Å². The topological polar surface area (TPSA) is 60.2 Å². The summed E-state index contributed by atoms with van der Waals surface area (Å²) >= 11 is 0. The highest BCUT2D eigenvalue weighted by molar-refractivity contribution is 5.81. The van der Waals surface area contributed by atoms with Crippen LogP contribution in [0.3, 0.4) is 0 Å². The van der Waals surface area contributed by atoms with Gasteiger partial charge in [-0.1, -0.05) is 0 Å². The summed E-state index contributed by atoms with van der Waals surface area (Å²) in [5, 5.41) is 6.25. The smallest absolute Gasteiger partial charge is 0.237 e. The Hall–Kier alpha value is -1.33. The zero-order valence-electron chi connectivity index (χ0n) is 10.2. The number of aromatic amines is 1. The number of rotatable bonds is 4. The standard InChI is InChI=1S/C12H20N4O/c1-10(16-6-4-13-5-7-16)12(17)15-9-11-2-3-14-8-11/h2-3,8,10,13-14H,4-7,9H2,1H3,(H,15,17). The van der Waals surface area contributed by atoms with Crippen LogP contribution in [0.5, 0.6) is 0 Å². The van der Waals surface area contributed by atoms with E-state index < -0.39 is 0 Å². The summed E-state index contributed by atoms with van der Waals surface area (Å²) in [6.07, 6.45) is 3.76. The van der Waals surface area contributed by atoms with Crippen LogP contribution in [0.4, 0.5) is 0 Å². The first-order valence-electron chi connectivity index (χ1n) is 6.11. The van der Waals surface area contributed by atoms with Crippen molar-refractivity contribution in [1.82, 2.24) is 20.5 Å². The molecule has 1 unspecified atom stereocenters. The molecule has 1 saturated heterocycles. The minimum Gasteiger partial charge on any atom is -0.367 e. The van der Waals surface area contributed by atoms with E-state index in [0.717, 1.165) is 31.7 Å². The van der Waals surface area contributed by atoms with Crippen LogP contribution in [0.1, 0.15) is 12.5 Å². The lowest BCUT2D eigenvalue weighted by molar-refractivity contribution is -0.126. The number of carbonyl (C=O) groups is 1. The molecule has 5 heteroatoms. The molecule has 1 aromatic heterocycles. The predicted molar refractivity (Wildman–Crippen MR) is 66.5 cm³/mol. The highest BCUT2D eigenvalue weighted by atomic mass is 16.2. The van der Waals surface area contributed by atoms with Crippen LogP contribution in [-0.2, 0) is 11.3 Å². The Balaban J connectivity index is 1.78. The molecule has 5 nitrogen and oxygen atoms in total. The van der Waals surface area contributed by atoms with Crippen LogP contribution in [0.2, 0.25) is 0 Å². The van der Waals surface area contributed by atoms with Crippen molar-refractivity contribution in [2.75, 3.05) is 26.2 Å². The van der Waals surface area contributed by atoms with Crippen molar-refractivity contribution in [3.8, 4) is 0 Å². The molecule has 1 aromatic rings. The van der Waals surface area contributed by atoms with Crippen molar-refractivity contribution in [2.45, 2.75) is 19.5 Å². The van der Waals surface area contributed by atoms with Crippen LogP contribution < -0.4 is 10.6 Å². The number of H-pyrrole nitrogens is 1. The molecule has 1 aliphatic heterocycles. The van der Waals surface area contributed by atoms with Gasteiger partial charge in [0.05, 0.1) is 6.04 Å². The van der Waals surface area contributed by atoms with Crippen LogP contribution in [0.15, 0.2) is 18.5 Å². The molecule has 0 spiro atoms. The van der Waals surface area contributed by atoms with E-state index in [1.54, 1.807) is 0 Å². The average molecular weight is 236 g/mol. The van der Waals surface area contributed by atoms with Gasteiger partial charge in [0, 0.05) is 45.1 Å². The third-order valence-electron chi connectivity index (χ3n) is 3.21. The number of piperazine rings is 1. The number of hydrogen-bond donors (Lipinski definition) is 3. The van der Waals surface area contributed by atoms with Gasteiger partial charge in [-0.15, -0.1) is 0 Å². The normalized spacial score (nSPS) is 18.9. The number of carbonyl (C=O) groups excluding carboxylic acids is 1. The molecule has 1 aliphatic rings. The molecule has 0 radical (unpaired) electrons. The maximum atomic E-state index is 12.0. The number of aromatic nitrogens is 1. The molecule has 94 valence electrons. The zero-order valence-corrected chi connectivity index (χ0v) is 10.2. The Labute approximate surface area is 102 Å². The first-order chi connectivity index (χ1) is 8.27. The molecule has 3 N–H and O–H groups in total. The van der Waals surface area contributed by atoms with E-state index in [4.69, 9.17) is 0 Å². The van der Waals surface area contributed by atoms with E-state index in [0.29, 0.717) is 6.54 Å². The highest BCUT2D eigenvalue weighted by Gasteiger charge is 2.22. The molecule has 0 bridgehead atoms. The molecule has 0 aliphatic carbocycles. The third-order valence-corrected chi connectivity index (χ3v) is 3.21. The van der Waals surface area contributed by atoms with Gasteiger partial charge in [0.1, 0.15) is 0 Å². The van der Waals surface area contributed by atoms with Crippen LogP contribution >= 0.6 is 0 Å². The second-order valence-corrected chi connectivity index (χ2v) is 4.40. The number of nitrogens with one attached hydrogen (secondary N) is 3. The van der Waals surface area contributed by atoms with Gasteiger partial charge in [0.15, 0.2) is 0 Å². The van der Waals surface area contributed by atoms with Gasteiger partial charge < -0.3 is 15.6 Å². The minimum absolute atomic E-state index is 0.0453. The molecular formula is C12H20N4O. The third kappa shape index (κ3) is 3.31. The Morgan fingerprint density at radius 1 is 1.53 bits per heavy atom. The van der Waals surface area contributed by atoms with Gasteiger partial charge in [-0.25, -0.2) is 0 Å². The molecular weight excluding hydrogens is 216 g/mol. The first-order valence-corrected chi connectivity index (χ1v) is 6.11. The van der Waals surface area contributed by atoms with Crippen molar-refractivity contribution >= 4 is 5.91 Å². The number of nitrogens with zero attached hydrogens (tertiary/aromatic N) is 1. The lowest BCUT2D eigenvalue weighted by atomic mass is 10.2. The van der Waals surface area contributed by atoms with E-state index in [1.807, 2.05) is 25.4 Å². The summed E-state index contributed by atoms with van der Waals surface area (Å²) in [6.45, 7) is 6.39. The Kier molecular flexibility index (Phi) is 4.17. The number of hydrogen-bond acceptors (Lipinski definition) is 3. The zero-order chi connectivity index (χ0) is 12.1. The summed E-state index contributed by atoms with van der Waals surface area (Å²) in [4.78, 5) is 17.1. The predicted octanol–water partition coefficient (Wildman–Crippen LogP) is -0.0754. The second-order valence-electron chi connectivity index (χ2n) is 4.40. The van der Waals surface area contributed by atoms with Gasteiger partial charge in [0.25, 0.3) is 0 Å². The van der Waals surface area contributed by atoms with E-state index >= 15 is 0 Å². The van der Waals surface area contributed by atoms with Crippen molar-refractivity contribution in [3.05, 3.63) is 24.0 Å². The molecule has 2 heterocycles. The van der Waals surface area contributed by atoms with Crippen LogP contribution in [0.25, 0.3) is 0 Å². The molecule has 0 saturated carbocycles. The Morgan fingerprint density at radius 3 is 2.94 bits per heavy atom. The van der Waals surface area contributed by atoms with Crippen molar-refractivity contribution in [2.24, 2.45) is 0 Å². The Bertz CT molecular complexity index is 343. The maximum Gasteiger partial charge on any atom is 0.237 e. The monoisotopic (exact) mass is 236 g/mol. The van der Waals surface area contributed by atoms with Crippen LogP contribution in [-0.4, -0.2) is 48.0 Å². The van der Waals surface area contributed by atoms with E-state index in [1.165, 1.54) is 0 Å². The van der Waals surface area contributed by atoms with Crippen LogP contribution in [0, 0.1) is 0 Å². The van der Waals surface area contributed by atoms with Gasteiger partial charge in [-0.3, -0.25) is 9.69 Å². The first kappa shape index (κ1) is 12.1. The lowest BCUT2D eigenvalue weighted by Crippen LogP contribution is -2.52. The summed E-state index contributed by atoms with van der Waals surface area (Å²) in [6, 6.07) is 1.92. The fourth-order valence-electron chi connectivity index (χ4n) is 2.04.